The van der Waals surface area contributed by atoms with Crippen molar-refractivity contribution >= 4 is 18.0 Å². The third kappa shape index (κ3) is 4.85. The van der Waals surface area contributed by atoms with E-state index in [1.807, 2.05) is 48.5 Å². The fourth-order valence-corrected chi connectivity index (χ4v) is 3.68. The zero-order valence-electron chi connectivity index (χ0n) is 17.4. The van der Waals surface area contributed by atoms with Gasteiger partial charge in [-0.05, 0) is 22.3 Å². The van der Waals surface area contributed by atoms with Crippen LogP contribution in [0.4, 0.5) is 4.79 Å². The maximum Gasteiger partial charge on any atom is 0.407 e. The van der Waals surface area contributed by atoms with Crippen molar-refractivity contribution in [3.63, 3.8) is 0 Å². The second-order valence-electron chi connectivity index (χ2n) is 7.42. The molecule has 10 nitrogen and oxygen atoms in total. The molecule has 0 bridgehead atoms. The number of fused-ring (bicyclic) bond motifs is 3. The van der Waals surface area contributed by atoms with Crippen molar-refractivity contribution in [3.8, 4) is 11.1 Å². The molecule has 0 spiro atoms. The van der Waals surface area contributed by atoms with Crippen molar-refractivity contribution < 1.29 is 33.9 Å². The van der Waals surface area contributed by atoms with Gasteiger partial charge in [-0.2, -0.15) is 0 Å². The van der Waals surface area contributed by atoms with Crippen LogP contribution >= 0.6 is 0 Å². The molecule has 0 fully saturated rings. The van der Waals surface area contributed by atoms with Gasteiger partial charge in [-0.3, -0.25) is 4.79 Å². The highest BCUT2D eigenvalue weighted by molar-refractivity contribution is 5.92. The Kier molecular flexibility index (Phi) is 6.36. The Morgan fingerprint density at radius 1 is 1.03 bits per heavy atom. The molecule has 0 aliphatic heterocycles. The van der Waals surface area contributed by atoms with Gasteiger partial charge in [-0.1, -0.05) is 53.7 Å². The van der Waals surface area contributed by atoms with Gasteiger partial charge >= 0.3 is 12.1 Å². The minimum absolute atomic E-state index is 0.0608. The number of rotatable bonds is 8. The van der Waals surface area contributed by atoms with E-state index in [0.29, 0.717) is 0 Å². The SMILES string of the molecule is O=C(NCc1cc(C(=O)NCC(O)C(=O)O)no1)OCC1c2ccccc2-c2ccccc21. The van der Waals surface area contributed by atoms with Gasteiger partial charge in [0.25, 0.3) is 5.91 Å². The van der Waals surface area contributed by atoms with Crippen molar-refractivity contribution in [1.82, 2.24) is 15.8 Å². The molecule has 2 amide bonds. The number of aromatic nitrogens is 1. The molecule has 1 aliphatic rings. The summed E-state index contributed by atoms with van der Waals surface area (Å²) in [5, 5.41) is 26.1. The van der Waals surface area contributed by atoms with Gasteiger partial charge in [0.2, 0.25) is 0 Å². The van der Waals surface area contributed by atoms with E-state index >= 15 is 0 Å². The summed E-state index contributed by atoms with van der Waals surface area (Å²) in [5.41, 5.74) is 4.35. The highest BCUT2D eigenvalue weighted by Gasteiger charge is 2.29. The summed E-state index contributed by atoms with van der Waals surface area (Å²) < 4.78 is 10.4. The topological polar surface area (TPSA) is 151 Å². The summed E-state index contributed by atoms with van der Waals surface area (Å²) in [7, 11) is 0. The molecule has 2 aromatic carbocycles. The number of hydrogen-bond acceptors (Lipinski definition) is 7. The maximum absolute atomic E-state index is 12.2. The summed E-state index contributed by atoms with van der Waals surface area (Å²) in [6.07, 6.45) is -2.38. The van der Waals surface area contributed by atoms with Gasteiger partial charge in [0.05, 0.1) is 13.1 Å². The molecule has 1 atom stereocenters. The number of carboxylic acid groups (broad SMARTS) is 1. The predicted molar refractivity (Wildman–Crippen MR) is 114 cm³/mol. The summed E-state index contributed by atoms with van der Waals surface area (Å²) in [5.74, 6) is -2.04. The van der Waals surface area contributed by atoms with Crippen LogP contribution in [0, 0.1) is 0 Å². The molecule has 10 heteroatoms. The molecule has 170 valence electrons. The van der Waals surface area contributed by atoms with Gasteiger partial charge in [0.15, 0.2) is 17.6 Å². The Hall–Kier alpha value is -4.18. The molecular weight excluding hydrogens is 430 g/mol. The van der Waals surface area contributed by atoms with Crippen molar-refractivity contribution in [3.05, 3.63) is 77.2 Å². The number of alkyl carbamates (subject to hydrolysis) is 1. The van der Waals surface area contributed by atoms with E-state index in [9.17, 15) is 19.5 Å². The highest BCUT2D eigenvalue weighted by Crippen LogP contribution is 2.44. The number of nitrogens with zero attached hydrogens (tertiary/aromatic N) is 1. The Labute approximate surface area is 188 Å². The first-order valence-corrected chi connectivity index (χ1v) is 10.2. The van der Waals surface area contributed by atoms with Crippen molar-refractivity contribution in [2.45, 2.75) is 18.6 Å². The molecule has 1 aliphatic carbocycles. The van der Waals surface area contributed by atoms with E-state index in [0.717, 1.165) is 22.3 Å². The monoisotopic (exact) mass is 451 g/mol. The number of hydrogen-bond donors (Lipinski definition) is 4. The number of benzene rings is 2. The number of amides is 2. The lowest BCUT2D eigenvalue weighted by molar-refractivity contribution is -0.146. The van der Waals surface area contributed by atoms with E-state index in [2.05, 4.69) is 15.8 Å². The first-order valence-electron chi connectivity index (χ1n) is 10.2. The number of aliphatic hydroxyl groups excluding tert-OH is 1. The third-order valence-corrected chi connectivity index (χ3v) is 5.28. The molecule has 3 aromatic rings. The Balaban J connectivity index is 1.29. The standard InChI is InChI=1S/C23H21N3O7/c27-20(22(29)30)11-24-21(28)19-9-13(33-26-19)10-25-23(31)32-12-18-16-7-3-1-5-14(16)15-6-2-4-8-17(15)18/h1-9,18,20,27H,10-12H2,(H,24,28)(H,25,31)(H,29,30). The molecule has 4 rings (SSSR count). The quantitative estimate of drug-likeness (QED) is 0.405. The van der Waals surface area contributed by atoms with Gasteiger partial charge in [0, 0.05) is 12.0 Å². The Bertz CT molecular complexity index is 1140. The van der Waals surface area contributed by atoms with E-state index < -0.39 is 30.6 Å². The zero-order valence-corrected chi connectivity index (χ0v) is 17.4. The van der Waals surface area contributed by atoms with E-state index in [4.69, 9.17) is 14.4 Å². The number of aliphatic hydroxyl groups is 1. The van der Waals surface area contributed by atoms with E-state index in [1.54, 1.807) is 0 Å². The molecule has 4 N–H and O–H groups in total. The normalized spacial score (nSPS) is 13.0. The van der Waals surface area contributed by atoms with Crippen LogP contribution in [-0.4, -0.2) is 52.6 Å². The second-order valence-corrected chi connectivity index (χ2v) is 7.42. The predicted octanol–water partition coefficient (Wildman–Crippen LogP) is 1.89. The molecule has 1 aromatic heterocycles. The lowest BCUT2D eigenvalue weighted by Gasteiger charge is -2.14. The molecule has 1 heterocycles. The minimum atomic E-state index is -1.73. The highest BCUT2D eigenvalue weighted by atomic mass is 16.5. The number of nitrogens with one attached hydrogen (secondary N) is 2. The summed E-state index contributed by atoms with van der Waals surface area (Å²) in [6, 6.07) is 17.3. The second kappa shape index (κ2) is 9.53. The Morgan fingerprint density at radius 3 is 2.30 bits per heavy atom. The van der Waals surface area contributed by atoms with E-state index in [1.165, 1.54) is 6.07 Å². The fraction of sp³-hybridized carbons (Fsp3) is 0.217. The largest absolute Gasteiger partial charge is 0.479 e. The maximum atomic E-state index is 12.2. The average molecular weight is 451 g/mol. The minimum Gasteiger partial charge on any atom is -0.479 e. The number of ether oxygens (including phenoxy) is 1. The Morgan fingerprint density at radius 2 is 1.67 bits per heavy atom. The van der Waals surface area contributed by atoms with Crippen molar-refractivity contribution in [2.24, 2.45) is 0 Å². The smallest absolute Gasteiger partial charge is 0.407 e. The van der Waals surface area contributed by atoms with Crippen LogP contribution in [0.3, 0.4) is 0 Å². The number of carboxylic acids is 1. The number of carbonyl (C=O) groups is 3. The summed E-state index contributed by atoms with van der Waals surface area (Å²) in [4.78, 5) is 34.7. The summed E-state index contributed by atoms with van der Waals surface area (Å²) >= 11 is 0. The first-order chi connectivity index (χ1) is 15.9. The van der Waals surface area contributed by atoms with Crippen LogP contribution in [0.5, 0.6) is 0 Å². The van der Waals surface area contributed by atoms with Gasteiger partial charge in [0.1, 0.15) is 6.61 Å². The average Bonchev–Trinajstić information content (AvgIpc) is 3.42. The zero-order chi connectivity index (χ0) is 23.4. The molecule has 0 saturated carbocycles. The van der Waals surface area contributed by atoms with Crippen LogP contribution in [-0.2, 0) is 16.1 Å². The van der Waals surface area contributed by atoms with Gasteiger partial charge in [-0.15, -0.1) is 0 Å². The number of carbonyl (C=O) groups excluding carboxylic acids is 2. The molecule has 1 unspecified atom stereocenters. The lowest BCUT2D eigenvalue weighted by Crippen LogP contribution is -2.36. The number of aliphatic carboxylic acids is 1. The van der Waals surface area contributed by atoms with Crippen LogP contribution in [0.25, 0.3) is 11.1 Å². The third-order valence-electron chi connectivity index (χ3n) is 5.28. The van der Waals surface area contributed by atoms with Gasteiger partial charge < -0.3 is 30.1 Å². The van der Waals surface area contributed by atoms with Crippen molar-refractivity contribution in [2.75, 3.05) is 13.2 Å². The molecule has 0 radical (unpaired) electrons. The molecular formula is C23H21N3O7. The molecule has 33 heavy (non-hydrogen) atoms. The fourth-order valence-electron chi connectivity index (χ4n) is 3.68. The van der Waals surface area contributed by atoms with Crippen LogP contribution in [0.1, 0.15) is 33.3 Å². The lowest BCUT2D eigenvalue weighted by atomic mass is 9.98. The van der Waals surface area contributed by atoms with Gasteiger partial charge in [-0.25, -0.2) is 9.59 Å². The van der Waals surface area contributed by atoms with E-state index in [-0.39, 0.29) is 30.5 Å². The van der Waals surface area contributed by atoms with Crippen LogP contribution < -0.4 is 10.6 Å². The molecule has 0 saturated heterocycles. The summed E-state index contributed by atoms with van der Waals surface area (Å²) in [6.45, 7) is -0.376. The van der Waals surface area contributed by atoms with Crippen LogP contribution in [0.15, 0.2) is 59.1 Å². The van der Waals surface area contributed by atoms with Crippen LogP contribution in [0.2, 0.25) is 0 Å². The van der Waals surface area contributed by atoms with Crippen molar-refractivity contribution in [1.29, 1.82) is 0 Å². The first kappa shape index (κ1) is 22.0.